The molecule has 0 aliphatic heterocycles. The van der Waals surface area contributed by atoms with Gasteiger partial charge >= 0.3 is 0 Å². The van der Waals surface area contributed by atoms with Crippen LogP contribution in [0.15, 0.2) is 122 Å². The number of allylic oxidation sites excluding steroid dienone is 19. The predicted molar refractivity (Wildman–Crippen MR) is 257 cm³/mol. The standard InChI is InChI=1S/C54H89NO3/c1-3-5-7-9-11-13-15-17-19-21-22-23-24-25-26-27-28-29-30-31-32-34-36-38-40-42-44-46-48-50-54(58)55-52(51-56)53(57)49-47-45-43-41-39-37-35-33-20-18-16-14-12-10-8-6-4-2/h5,7,11,13,17,19-20,22-23,25-26,28-29,31-33,39,41,47,49,52-53,56-57H,3-4,6,8-10,12,14-16,18,21,24,27,30,34-38,40,42-46,48,50-51H2,1-2H3,(H,55,58)/b7-5-,13-11-,19-17-,23-22-,26-25-,29-28-,32-31-,33-20+,41-39+,49-47+. The molecule has 0 heterocycles. The molecular formula is C54H89NO3. The molecule has 0 fully saturated rings. The molecule has 4 nitrogen and oxygen atoms in total. The van der Waals surface area contributed by atoms with Crippen LogP contribution in [0.3, 0.4) is 0 Å². The Balaban J connectivity index is 3.71. The van der Waals surface area contributed by atoms with Crippen molar-refractivity contribution in [3.8, 4) is 0 Å². The van der Waals surface area contributed by atoms with Crippen LogP contribution in [0.4, 0.5) is 0 Å². The second-order valence-electron chi connectivity index (χ2n) is 15.4. The lowest BCUT2D eigenvalue weighted by Gasteiger charge is -2.19. The first-order valence-electron chi connectivity index (χ1n) is 23.7. The first-order valence-corrected chi connectivity index (χ1v) is 23.7. The van der Waals surface area contributed by atoms with Gasteiger partial charge in [-0.3, -0.25) is 4.79 Å². The van der Waals surface area contributed by atoms with Gasteiger partial charge in [-0.15, -0.1) is 0 Å². The SMILES string of the molecule is CC/C=C\C/C=C\C/C=C\C/C=C\C/C=C\C/C=C\C/C=C\CCCCCCCCCC(=O)NC(CO)C(O)/C=C/CC/C=C/CC/C=C/CCCCCCCCC. The minimum atomic E-state index is -0.883. The van der Waals surface area contributed by atoms with E-state index in [1.165, 1.54) is 77.0 Å². The summed E-state index contributed by atoms with van der Waals surface area (Å²) in [4.78, 5) is 12.4. The van der Waals surface area contributed by atoms with Crippen LogP contribution < -0.4 is 5.32 Å². The molecule has 0 spiro atoms. The Morgan fingerprint density at radius 2 is 0.776 bits per heavy atom. The Hall–Kier alpha value is -3.21. The maximum Gasteiger partial charge on any atom is 0.220 e. The van der Waals surface area contributed by atoms with Crippen molar-refractivity contribution in [1.82, 2.24) is 5.32 Å². The Labute approximate surface area is 358 Å². The molecule has 0 radical (unpaired) electrons. The van der Waals surface area contributed by atoms with Gasteiger partial charge in [0.1, 0.15) is 0 Å². The van der Waals surface area contributed by atoms with Gasteiger partial charge in [-0.05, 0) is 103 Å². The molecule has 1 amide bonds. The molecule has 2 atom stereocenters. The van der Waals surface area contributed by atoms with Crippen LogP contribution >= 0.6 is 0 Å². The monoisotopic (exact) mass is 800 g/mol. The maximum atomic E-state index is 12.4. The summed E-state index contributed by atoms with van der Waals surface area (Å²) in [5, 5.41) is 23.0. The van der Waals surface area contributed by atoms with E-state index in [4.69, 9.17) is 0 Å². The Morgan fingerprint density at radius 3 is 1.21 bits per heavy atom. The second kappa shape index (κ2) is 48.2. The van der Waals surface area contributed by atoms with Gasteiger partial charge in [0, 0.05) is 6.42 Å². The molecule has 328 valence electrons. The van der Waals surface area contributed by atoms with Crippen molar-refractivity contribution in [2.75, 3.05) is 6.61 Å². The third kappa shape index (κ3) is 43.9. The van der Waals surface area contributed by atoms with Crippen molar-refractivity contribution < 1.29 is 15.0 Å². The normalized spacial score (nSPS) is 14.1. The molecule has 0 aromatic carbocycles. The van der Waals surface area contributed by atoms with Gasteiger partial charge in [0.25, 0.3) is 0 Å². The number of hydrogen-bond donors (Lipinski definition) is 3. The second-order valence-corrected chi connectivity index (χ2v) is 15.4. The number of hydrogen-bond acceptors (Lipinski definition) is 3. The third-order valence-corrected chi connectivity index (χ3v) is 9.91. The van der Waals surface area contributed by atoms with Crippen LogP contribution in [0.1, 0.15) is 194 Å². The van der Waals surface area contributed by atoms with Crippen molar-refractivity contribution in [3.63, 3.8) is 0 Å². The predicted octanol–water partition coefficient (Wildman–Crippen LogP) is 15.3. The van der Waals surface area contributed by atoms with Gasteiger partial charge in [0.2, 0.25) is 5.91 Å². The highest BCUT2D eigenvalue weighted by atomic mass is 16.3. The largest absolute Gasteiger partial charge is 0.394 e. The number of rotatable bonds is 41. The van der Waals surface area contributed by atoms with E-state index in [0.29, 0.717) is 6.42 Å². The molecular weight excluding hydrogens is 711 g/mol. The summed E-state index contributed by atoms with van der Waals surface area (Å²) >= 11 is 0. The maximum absolute atomic E-state index is 12.4. The van der Waals surface area contributed by atoms with Crippen LogP contribution in [0.25, 0.3) is 0 Å². The van der Waals surface area contributed by atoms with Gasteiger partial charge in [0.05, 0.1) is 18.8 Å². The van der Waals surface area contributed by atoms with E-state index in [-0.39, 0.29) is 12.5 Å². The van der Waals surface area contributed by atoms with E-state index in [1.54, 1.807) is 6.08 Å². The number of amides is 1. The summed E-state index contributed by atoms with van der Waals surface area (Å²) in [5.41, 5.74) is 0. The average Bonchev–Trinajstić information content (AvgIpc) is 3.23. The Kier molecular flexibility index (Phi) is 45.5. The quantitative estimate of drug-likeness (QED) is 0.0426. The molecule has 0 rings (SSSR count). The van der Waals surface area contributed by atoms with E-state index >= 15 is 0 Å². The number of carbonyl (C=O) groups is 1. The molecule has 2 unspecified atom stereocenters. The van der Waals surface area contributed by atoms with Crippen molar-refractivity contribution >= 4 is 5.91 Å². The number of unbranched alkanes of at least 4 members (excludes halogenated alkanes) is 16. The molecule has 4 heteroatoms. The lowest BCUT2D eigenvalue weighted by Crippen LogP contribution is -2.45. The highest BCUT2D eigenvalue weighted by Gasteiger charge is 2.17. The summed E-state index contributed by atoms with van der Waals surface area (Å²) in [6.45, 7) is 4.15. The summed E-state index contributed by atoms with van der Waals surface area (Å²) in [6.07, 6.45) is 74.5. The minimum Gasteiger partial charge on any atom is -0.394 e. The van der Waals surface area contributed by atoms with Crippen LogP contribution in [0.2, 0.25) is 0 Å². The van der Waals surface area contributed by atoms with E-state index in [9.17, 15) is 15.0 Å². The fourth-order valence-corrected chi connectivity index (χ4v) is 6.31. The fraction of sp³-hybridized carbons (Fsp3) is 0.611. The molecule has 58 heavy (non-hydrogen) atoms. The van der Waals surface area contributed by atoms with Crippen LogP contribution in [0, 0.1) is 0 Å². The average molecular weight is 800 g/mol. The molecule has 3 N–H and O–H groups in total. The van der Waals surface area contributed by atoms with E-state index in [1.807, 2.05) is 6.08 Å². The fourth-order valence-electron chi connectivity index (χ4n) is 6.31. The lowest BCUT2D eigenvalue weighted by atomic mass is 10.1. The topological polar surface area (TPSA) is 69.6 Å². The summed E-state index contributed by atoms with van der Waals surface area (Å²) < 4.78 is 0. The Bertz CT molecular complexity index is 1180. The zero-order chi connectivity index (χ0) is 42.1. The van der Waals surface area contributed by atoms with Crippen molar-refractivity contribution in [2.45, 2.75) is 206 Å². The molecule has 0 saturated heterocycles. The zero-order valence-electron chi connectivity index (χ0n) is 37.5. The van der Waals surface area contributed by atoms with Crippen LogP contribution in [-0.4, -0.2) is 34.9 Å². The van der Waals surface area contributed by atoms with Gasteiger partial charge in [-0.1, -0.05) is 206 Å². The molecule has 0 saturated carbocycles. The summed E-state index contributed by atoms with van der Waals surface area (Å²) in [5.74, 6) is -0.0957. The Morgan fingerprint density at radius 1 is 0.431 bits per heavy atom. The highest BCUT2D eigenvalue weighted by Crippen LogP contribution is 2.12. The first kappa shape index (κ1) is 54.8. The highest BCUT2D eigenvalue weighted by molar-refractivity contribution is 5.76. The van der Waals surface area contributed by atoms with Gasteiger partial charge in [-0.25, -0.2) is 0 Å². The van der Waals surface area contributed by atoms with Gasteiger partial charge < -0.3 is 15.5 Å². The molecule has 0 aromatic rings. The molecule has 0 aliphatic carbocycles. The molecule has 0 aliphatic rings. The van der Waals surface area contributed by atoms with Crippen molar-refractivity contribution in [1.29, 1.82) is 0 Å². The van der Waals surface area contributed by atoms with Crippen LogP contribution in [-0.2, 0) is 4.79 Å². The number of nitrogens with one attached hydrogen (secondary N) is 1. The lowest BCUT2D eigenvalue weighted by molar-refractivity contribution is -0.123. The van der Waals surface area contributed by atoms with Crippen molar-refractivity contribution in [3.05, 3.63) is 122 Å². The third-order valence-electron chi connectivity index (χ3n) is 9.91. The zero-order valence-corrected chi connectivity index (χ0v) is 37.5. The van der Waals surface area contributed by atoms with Crippen LogP contribution in [0.5, 0.6) is 0 Å². The van der Waals surface area contributed by atoms with Crippen molar-refractivity contribution in [2.24, 2.45) is 0 Å². The summed E-state index contributed by atoms with van der Waals surface area (Å²) in [7, 11) is 0. The minimum absolute atomic E-state index is 0.0957. The number of aliphatic hydroxyl groups excluding tert-OH is 2. The number of aliphatic hydroxyl groups is 2. The summed E-state index contributed by atoms with van der Waals surface area (Å²) in [6, 6.07) is -0.660. The van der Waals surface area contributed by atoms with Gasteiger partial charge in [0.15, 0.2) is 0 Å². The van der Waals surface area contributed by atoms with Gasteiger partial charge in [-0.2, -0.15) is 0 Å². The van der Waals surface area contributed by atoms with E-state index < -0.39 is 12.1 Å². The first-order chi connectivity index (χ1) is 28.7. The molecule has 0 aromatic heterocycles. The van der Waals surface area contributed by atoms with E-state index in [0.717, 1.165) is 96.3 Å². The number of carbonyl (C=O) groups excluding carboxylic acids is 1. The molecule has 0 bridgehead atoms. The van der Waals surface area contributed by atoms with E-state index in [2.05, 4.69) is 129 Å². The smallest absolute Gasteiger partial charge is 0.220 e.